The molecule has 0 spiro atoms. The molecule has 1 atom stereocenters. The number of benzene rings is 1. The van der Waals surface area contributed by atoms with E-state index in [-0.39, 0.29) is 24.1 Å². The summed E-state index contributed by atoms with van der Waals surface area (Å²) in [6.45, 7) is 7.33. The highest BCUT2D eigenvalue weighted by atomic mass is 16.5. The fourth-order valence-corrected chi connectivity index (χ4v) is 3.11. The molecule has 2 aromatic rings. The van der Waals surface area contributed by atoms with Crippen LogP contribution in [0, 0.1) is 0 Å². The van der Waals surface area contributed by atoms with Crippen molar-refractivity contribution in [1.29, 1.82) is 0 Å². The van der Waals surface area contributed by atoms with Gasteiger partial charge in [-0.1, -0.05) is 20.3 Å². The summed E-state index contributed by atoms with van der Waals surface area (Å²) in [6.07, 6.45) is 1.97. The minimum absolute atomic E-state index is 0.0302. The van der Waals surface area contributed by atoms with Crippen molar-refractivity contribution in [2.75, 3.05) is 27.3 Å². The Morgan fingerprint density at radius 1 is 1.25 bits per heavy atom. The molecule has 2 N–H and O–H groups in total. The maximum atomic E-state index is 12.5. The van der Waals surface area contributed by atoms with E-state index in [1.54, 1.807) is 12.1 Å². The molecule has 0 saturated carbocycles. The van der Waals surface area contributed by atoms with Crippen LogP contribution in [-0.4, -0.2) is 54.1 Å². The molecule has 1 heterocycles. The summed E-state index contributed by atoms with van der Waals surface area (Å²) in [5.74, 6) is 1.46. The number of aromatic amines is 1. The highest BCUT2D eigenvalue weighted by molar-refractivity contribution is 5.82. The van der Waals surface area contributed by atoms with E-state index in [0.29, 0.717) is 41.3 Å². The highest BCUT2D eigenvalue weighted by Gasteiger charge is 2.15. The summed E-state index contributed by atoms with van der Waals surface area (Å²) >= 11 is 0. The van der Waals surface area contributed by atoms with Crippen molar-refractivity contribution < 1.29 is 14.3 Å². The number of fused-ring (bicyclic) bond motifs is 1. The van der Waals surface area contributed by atoms with E-state index in [0.717, 1.165) is 12.8 Å². The molecule has 1 unspecified atom stereocenters. The van der Waals surface area contributed by atoms with Gasteiger partial charge in [0.05, 0.1) is 38.2 Å². The third-order valence-electron chi connectivity index (χ3n) is 4.58. The molecule has 1 aromatic carbocycles. The average molecular weight is 390 g/mol. The van der Waals surface area contributed by atoms with Gasteiger partial charge in [0.1, 0.15) is 5.82 Å². The minimum Gasteiger partial charge on any atom is -0.493 e. The molecule has 0 saturated heterocycles. The number of nitrogens with zero attached hydrogens (tertiary/aromatic N) is 2. The first kappa shape index (κ1) is 21.7. The molecule has 0 aliphatic rings. The number of likely N-dealkylation sites (N-methyl/N-ethyl adjacent to an activating group) is 1. The summed E-state index contributed by atoms with van der Waals surface area (Å²) in [4.78, 5) is 34.0. The van der Waals surface area contributed by atoms with Crippen LogP contribution in [0.1, 0.15) is 39.4 Å². The van der Waals surface area contributed by atoms with E-state index >= 15 is 0 Å². The van der Waals surface area contributed by atoms with Crippen LogP contribution in [0.15, 0.2) is 16.9 Å². The van der Waals surface area contributed by atoms with Gasteiger partial charge in [-0.05, 0) is 26.0 Å². The number of aromatic nitrogens is 2. The largest absolute Gasteiger partial charge is 0.493 e. The molecule has 1 aromatic heterocycles. The number of ether oxygens (including phenoxy) is 2. The summed E-state index contributed by atoms with van der Waals surface area (Å²) in [6, 6.07) is 3.45. The molecule has 28 heavy (non-hydrogen) atoms. The SMILES string of the molecule is CCCC(C)NC(=O)CN(CC)Cc1nc2cc(OC)c(OC)cc2c(=O)[nH]1. The van der Waals surface area contributed by atoms with Crippen LogP contribution in [0.4, 0.5) is 0 Å². The summed E-state index contributed by atoms with van der Waals surface area (Å²) in [5, 5.41) is 3.42. The number of carbonyl (C=O) groups is 1. The van der Waals surface area contributed by atoms with Gasteiger partial charge in [-0.25, -0.2) is 4.98 Å². The van der Waals surface area contributed by atoms with Crippen molar-refractivity contribution in [3.8, 4) is 11.5 Å². The smallest absolute Gasteiger partial charge is 0.258 e. The zero-order chi connectivity index (χ0) is 20.7. The molecule has 0 bridgehead atoms. The van der Waals surface area contributed by atoms with Crippen LogP contribution < -0.4 is 20.3 Å². The lowest BCUT2D eigenvalue weighted by Crippen LogP contribution is -2.41. The first-order valence-corrected chi connectivity index (χ1v) is 9.58. The number of H-pyrrole nitrogens is 1. The first-order valence-electron chi connectivity index (χ1n) is 9.58. The Labute approximate surface area is 165 Å². The lowest BCUT2D eigenvalue weighted by molar-refractivity contribution is -0.123. The minimum atomic E-state index is -0.252. The molecule has 0 fully saturated rings. The predicted octanol–water partition coefficient (Wildman–Crippen LogP) is 2.07. The van der Waals surface area contributed by atoms with Gasteiger partial charge in [0, 0.05) is 12.1 Å². The lowest BCUT2D eigenvalue weighted by Gasteiger charge is -2.21. The van der Waals surface area contributed by atoms with Gasteiger partial charge in [-0.3, -0.25) is 14.5 Å². The van der Waals surface area contributed by atoms with E-state index in [2.05, 4.69) is 22.2 Å². The molecular weight excluding hydrogens is 360 g/mol. The topological polar surface area (TPSA) is 96.6 Å². The van der Waals surface area contributed by atoms with Crippen molar-refractivity contribution in [3.63, 3.8) is 0 Å². The molecule has 0 aliphatic carbocycles. The fraction of sp³-hybridized carbons (Fsp3) is 0.550. The van der Waals surface area contributed by atoms with Crippen LogP contribution in [0.3, 0.4) is 0 Å². The monoisotopic (exact) mass is 390 g/mol. The van der Waals surface area contributed by atoms with E-state index in [1.807, 2.05) is 18.7 Å². The van der Waals surface area contributed by atoms with Crippen molar-refractivity contribution in [1.82, 2.24) is 20.2 Å². The van der Waals surface area contributed by atoms with Crippen molar-refractivity contribution in [2.45, 2.75) is 46.2 Å². The van der Waals surface area contributed by atoms with E-state index in [1.165, 1.54) is 14.2 Å². The molecule has 0 radical (unpaired) electrons. The third-order valence-corrected chi connectivity index (χ3v) is 4.58. The Kier molecular flexibility index (Phi) is 7.80. The van der Waals surface area contributed by atoms with E-state index < -0.39 is 0 Å². The number of rotatable bonds is 10. The maximum absolute atomic E-state index is 12.5. The zero-order valence-electron chi connectivity index (χ0n) is 17.3. The number of hydrogen-bond acceptors (Lipinski definition) is 6. The molecule has 8 heteroatoms. The van der Waals surface area contributed by atoms with Crippen LogP contribution in [0.25, 0.3) is 10.9 Å². The van der Waals surface area contributed by atoms with Crippen LogP contribution >= 0.6 is 0 Å². The van der Waals surface area contributed by atoms with Gasteiger partial charge in [-0.15, -0.1) is 0 Å². The Morgan fingerprint density at radius 3 is 2.54 bits per heavy atom. The Balaban J connectivity index is 2.19. The molecular formula is C20H30N4O4. The number of methoxy groups -OCH3 is 2. The van der Waals surface area contributed by atoms with Gasteiger partial charge < -0.3 is 19.8 Å². The quantitative estimate of drug-likeness (QED) is 0.645. The summed E-state index contributed by atoms with van der Waals surface area (Å²) in [5.41, 5.74) is 0.270. The molecule has 2 rings (SSSR count). The second kappa shape index (κ2) is 10.1. The van der Waals surface area contributed by atoms with Crippen LogP contribution in [0.2, 0.25) is 0 Å². The molecule has 1 amide bonds. The standard InChI is InChI=1S/C20H30N4O4/c1-6-8-13(3)21-19(25)12-24(7-2)11-18-22-15-10-17(28-5)16(27-4)9-14(15)20(26)23-18/h9-10,13H,6-8,11-12H2,1-5H3,(H,21,25)(H,22,23,26). The molecule has 154 valence electrons. The number of carbonyl (C=O) groups excluding carboxylic acids is 1. The Bertz CT molecular complexity index is 865. The van der Waals surface area contributed by atoms with Crippen molar-refractivity contribution >= 4 is 16.8 Å². The zero-order valence-corrected chi connectivity index (χ0v) is 17.3. The average Bonchev–Trinajstić information content (AvgIpc) is 2.66. The fourth-order valence-electron chi connectivity index (χ4n) is 3.11. The second-order valence-electron chi connectivity index (χ2n) is 6.80. The molecule has 8 nitrogen and oxygen atoms in total. The number of hydrogen-bond donors (Lipinski definition) is 2. The summed E-state index contributed by atoms with van der Waals surface area (Å²) < 4.78 is 10.5. The number of amides is 1. The molecule has 0 aliphatic heterocycles. The van der Waals surface area contributed by atoms with Gasteiger partial charge in [0.15, 0.2) is 11.5 Å². The normalized spacial score (nSPS) is 12.2. The van der Waals surface area contributed by atoms with Crippen LogP contribution in [-0.2, 0) is 11.3 Å². The van der Waals surface area contributed by atoms with Crippen LogP contribution in [0.5, 0.6) is 11.5 Å². The van der Waals surface area contributed by atoms with Crippen molar-refractivity contribution in [3.05, 3.63) is 28.3 Å². The predicted molar refractivity (Wildman–Crippen MR) is 109 cm³/mol. The first-order chi connectivity index (χ1) is 13.4. The number of nitrogens with one attached hydrogen (secondary N) is 2. The Hall–Kier alpha value is -2.61. The van der Waals surface area contributed by atoms with Gasteiger partial charge >= 0.3 is 0 Å². The van der Waals surface area contributed by atoms with Gasteiger partial charge in [0.2, 0.25) is 5.91 Å². The van der Waals surface area contributed by atoms with Gasteiger partial charge in [0.25, 0.3) is 5.56 Å². The third kappa shape index (κ3) is 5.45. The second-order valence-corrected chi connectivity index (χ2v) is 6.80. The van der Waals surface area contributed by atoms with Crippen molar-refractivity contribution in [2.24, 2.45) is 0 Å². The Morgan fingerprint density at radius 2 is 1.93 bits per heavy atom. The highest BCUT2D eigenvalue weighted by Crippen LogP contribution is 2.29. The van der Waals surface area contributed by atoms with E-state index in [4.69, 9.17) is 9.47 Å². The van der Waals surface area contributed by atoms with E-state index in [9.17, 15) is 9.59 Å². The maximum Gasteiger partial charge on any atom is 0.258 e. The summed E-state index contributed by atoms with van der Waals surface area (Å²) in [7, 11) is 3.06. The lowest BCUT2D eigenvalue weighted by atomic mass is 10.2. The van der Waals surface area contributed by atoms with Gasteiger partial charge in [-0.2, -0.15) is 0 Å².